The summed E-state index contributed by atoms with van der Waals surface area (Å²) in [5.41, 5.74) is 0. The van der Waals surface area contributed by atoms with Gasteiger partial charge in [-0.1, -0.05) is 32.1 Å². The van der Waals surface area contributed by atoms with Crippen molar-refractivity contribution in [3.05, 3.63) is 0 Å². The van der Waals surface area contributed by atoms with E-state index in [0.717, 1.165) is 38.5 Å². The van der Waals surface area contributed by atoms with Gasteiger partial charge in [0.1, 0.15) is 0 Å². The van der Waals surface area contributed by atoms with Crippen molar-refractivity contribution in [1.29, 1.82) is 0 Å². The van der Waals surface area contributed by atoms with E-state index in [1.165, 1.54) is 10.7 Å². The first-order valence-electron chi connectivity index (χ1n) is 7.90. The average molecular weight is 318 g/mol. The van der Waals surface area contributed by atoms with Crippen LogP contribution in [0.2, 0.25) is 0 Å². The molecule has 0 saturated heterocycles. The molecule has 122 valence electrons. The van der Waals surface area contributed by atoms with Crippen LogP contribution in [-0.2, 0) is 15.0 Å². The lowest BCUT2D eigenvalue weighted by Crippen LogP contribution is -2.52. The summed E-state index contributed by atoms with van der Waals surface area (Å²) >= 11 is 0. The van der Waals surface area contributed by atoms with Gasteiger partial charge in [0.15, 0.2) is 0 Å². The van der Waals surface area contributed by atoms with Crippen LogP contribution in [0.4, 0.5) is 0 Å². The summed E-state index contributed by atoms with van der Waals surface area (Å²) in [5.74, 6) is -1.50. The topological polar surface area (TPSA) is 86.7 Å². The molecule has 2 fully saturated rings. The van der Waals surface area contributed by atoms with Crippen LogP contribution in [0.5, 0.6) is 0 Å². The molecular weight excluding hydrogens is 292 g/mol. The fourth-order valence-electron chi connectivity index (χ4n) is 3.48. The minimum absolute atomic E-state index is 0.0446. The SMILES string of the molecule is CN(C1CCCCC1)S(=O)(=O)NC1CCCCC1C(=O)O. The quantitative estimate of drug-likeness (QED) is 0.808. The minimum Gasteiger partial charge on any atom is -0.481 e. The van der Waals surface area contributed by atoms with Gasteiger partial charge in [-0.05, 0) is 25.7 Å². The molecule has 2 atom stereocenters. The average Bonchev–Trinajstić information content (AvgIpc) is 2.47. The Morgan fingerprint density at radius 2 is 1.62 bits per heavy atom. The van der Waals surface area contributed by atoms with Gasteiger partial charge in [-0.2, -0.15) is 17.4 Å². The zero-order valence-electron chi connectivity index (χ0n) is 12.6. The van der Waals surface area contributed by atoms with Crippen molar-refractivity contribution in [3.8, 4) is 0 Å². The number of carboxylic acid groups (broad SMARTS) is 1. The fourth-order valence-corrected chi connectivity index (χ4v) is 4.92. The molecule has 6 nitrogen and oxygen atoms in total. The summed E-state index contributed by atoms with van der Waals surface area (Å²) in [4.78, 5) is 11.3. The number of carbonyl (C=O) groups is 1. The first-order valence-corrected chi connectivity index (χ1v) is 9.34. The molecule has 0 aromatic carbocycles. The van der Waals surface area contributed by atoms with Crippen LogP contribution >= 0.6 is 0 Å². The Hall–Kier alpha value is -0.660. The summed E-state index contributed by atoms with van der Waals surface area (Å²) < 4.78 is 29.0. The van der Waals surface area contributed by atoms with E-state index in [1.54, 1.807) is 7.05 Å². The second-order valence-electron chi connectivity index (χ2n) is 6.27. The van der Waals surface area contributed by atoms with E-state index in [-0.39, 0.29) is 6.04 Å². The normalized spacial score (nSPS) is 28.7. The Morgan fingerprint density at radius 1 is 1.05 bits per heavy atom. The molecule has 2 N–H and O–H groups in total. The zero-order valence-corrected chi connectivity index (χ0v) is 13.4. The van der Waals surface area contributed by atoms with Gasteiger partial charge < -0.3 is 5.11 Å². The summed E-state index contributed by atoms with van der Waals surface area (Å²) in [6.45, 7) is 0. The predicted octanol–water partition coefficient (Wildman–Crippen LogP) is 1.73. The molecule has 0 amide bonds. The second kappa shape index (κ2) is 7.07. The number of nitrogens with zero attached hydrogens (tertiary/aromatic N) is 1. The highest BCUT2D eigenvalue weighted by atomic mass is 32.2. The minimum atomic E-state index is -3.61. The maximum Gasteiger partial charge on any atom is 0.308 e. The first kappa shape index (κ1) is 16.7. The van der Waals surface area contributed by atoms with Crippen LogP contribution < -0.4 is 4.72 Å². The Morgan fingerprint density at radius 3 is 2.24 bits per heavy atom. The Kier molecular flexibility index (Phi) is 5.62. The largest absolute Gasteiger partial charge is 0.481 e. The lowest BCUT2D eigenvalue weighted by Gasteiger charge is -2.34. The van der Waals surface area contributed by atoms with Crippen LogP contribution in [0.15, 0.2) is 0 Å². The highest BCUT2D eigenvalue weighted by molar-refractivity contribution is 7.87. The Balaban J connectivity index is 2.02. The van der Waals surface area contributed by atoms with Gasteiger partial charge in [0.05, 0.1) is 5.92 Å². The van der Waals surface area contributed by atoms with Crippen molar-refractivity contribution in [2.24, 2.45) is 5.92 Å². The molecule has 0 aliphatic heterocycles. The molecule has 2 aliphatic rings. The number of rotatable bonds is 5. The Bertz CT molecular complexity index is 460. The fraction of sp³-hybridized carbons (Fsp3) is 0.929. The Labute approximate surface area is 127 Å². The van der Waals surface area contributed by atoms with E-state index in [2.05, 4.69) is 4.72 Å². The highest BCUT2D eigenvalue weighted by Crippen LogP contribution is 2.27. The van der Waals surface area contributed by atoms with E-state index >= 15 is 0 Å². The van der Waals surface area contributed by atoms with Crippen molar-refractivity contribution in [3.63, 3.8) is 0 Å². The third-order valence-corrected chi connectivity index (χ3v) is 6.51. The molecule has 2 saturated carbocycles. The van der Waals surface area contributed by atoms with Crippen molar-refractivity contribution >= 4 is 16.2 Å². The molecular formula is C14H26N2O4S. The predicted molar refractivity (Wildman–Crippen MR) is 80.1 cm³/mol. The van der Waals surface area contributed by atoms with Crippen LogP contribution in [0.1, 0.15) is 57.8 Å². The maximum absolute atomic E-state index is 12.5. The van der Waals surface area contributed by atoms with Crippen molar-refractivity contribution in [2.75, 3.05) is 7.05 Å². The summed E-state index contributed by atoms with van der Waals surface area (Å²) in [5, 5.41) is 9.24. The summed E-state index contributed by atoms with van der Waals surface area (Å²) in [6, 6.07) is -0.435. The molecule has 21 heavy (non-hydrogen) atoms. The molecule has 0 aromatic heterocycles. The van der Waals surface area contributed by atoms with Crippen molar-refractivity contribution in [1.82, 2.24) is 9.03 Å². The van der Waals surface area contributed by atoms with Gasteiger partial charge in [-0.25, -0.2) is 0 Å². The van der Waals surface area contributed by atoms with Gasteiger partial charge in [0, 0.05) is 19.1 Å². The molecule has 2 rings (SSSR count). The van der Waals surface area contributed by atoms with Crippen LogP contribution in [-0.4, -0.2) is 42.9 Å². The smallest absolute Gasteiger partial charge is 0.308 e. The van der Waals surface area contributed by atoms with E-state index in [4.69, 9.17) is 0 Å². The van der Waals surface area contributed by atoms with Gasteiger partial charge >= 0.3 is 5.97 Å². The standard InChI is InChI=1S/C14H26N2O4S/c1-16(11-7-3-2-4-8-11)21(19,20)15-13-10-6-5-9-12(13)14(17)18/h11-13,15H,2-10H2,1H3,(H,17,18). The van der Waals surface area contributed by atoms with Gasteiger partial charge in [0.2, 0.25) is 0 Å². The van der Waals surface area contributed by atoms with E-state index in [1.807, 2.05) is 0 Å². The third-order valence-electron chi connectivity index (χ3n) is 4.85. The van der Waals surface area contributed by atoms with E-state index in [9.17, 15) is 18.3 Å². The molecule has 0 radical (unpaired) electrons. The molecule has 0 bridgehead atoms. The van der Waals surface area contributed by atoms with Crippen molar-refractivity contribution in [2.45, 2.75) is 69.9 Å². The highest BCUT2D eigenvalue weighted by Gasteiger charge is 2.36. The molecule has 2 aliphatic carbocycles. The second-order valence-corrected chi connectivity index (χ2v) is 8.03. The monoisotopic (exact) mass is 318 g/mol. The number of hydrogen-bond donors (Lipinski definition) is 2. The van der Waals surface area contributed by atoms with E-state index in [0.29, 0.717) is 12.8 Å². The maximum atomic E-state index is 12.5. The molecule has 2 unspecified atom stereocenters. The van der Waals surface area contributed by atoms with Gasteiger partial charge in [-0.15, -0.1) is 0 Å². The van der Waals surface area contributed by atoms with Gasteiger partial charge in [0.25, 0.3) is 10.2 Å². The molecule has 0 spiro atoms. The van der Waals surface area contributed by atoms with Crippen LogP contribution in [0.25, 0.3) is 0 Å². The lowest BCUT2D eigenvalue weighted by molar-refractivity contribution is -0.143. The molecule has 0 aromatic rings. The zero-order chi connectivity index (χ0) is 15.5. The number of carboxylic acids is 1. The molecule has 0 heterocycles. The van der Waals surface area contributed by atoms with Crippen LogP contribution in [0.3, 0.4) is 0 Å². The van der Waals surface area contributed by atoms with Crippen molar-refractivity contribution < 1.29 is 18.3 Å². The first-order chi connectivity index (χ1) is 9.92. The number of aliphatic carboxylic acids is 1. The third kappa shape index (κ3) is 4.17. The molecule has 7 heteroatoms. The summed E-state index contributed by atoms with van der Waals surface area (Å²) in [7, 11) is -2.00. The number of hydrogen-bond acceptors (Lipinski definition) is 3. The van der Waals surface area contributed by atoms with Crippen LogP contribution in [0, 0.1) is 5.92 Å². The number of nitrogens with one attached hydrogen (secondary N) is 1. The summed E-state index contributed by atoms with van der Waals surface area (Å²) in [6.07, 6.45) is 7.97. The van der Waals surface area contributed by atoms with Gasteiger partial charge in [-0.3, -0.25) is 4.79 Å². The lowest BCUT2D eigenvalue weighted by atomic mass is 9.85. The van der Waals surface area contributed by atoms with E-state index < -0.39 is 28.1 Å².